The van der Waals surface area contributed by atoms with Crippen molar-refractivity contribution in [3.05, 3.63) is 47.5 Å². The van der Waals surface area contributed by atoms with Gasteiger partial charge in [-0.1, -0.05) is 18.2 Å². The molecule has 22 heavy (non-hydrogen) atoms. The second-order valence-electron chi connectivity index (χ2n) is 5.14. The number of benzene rings is 1. The molecule has 0 atom stereocenters. The zero-order valence-electron chi connectivity index (χ0n) is 11.8. The van der Waals surface area contributed by atoms with Crippen molar-refractivity contribution >= 4 is 27.1 Å². The minimum Gasteiger partial charge on any atom is -0.508 e. The highest BCUT2D eigenvalue weighted by Crippen LogP contribution is 2.32. The highest BCUT2D eigenvalue weighted by molar-refractivity contribution is 7.16. The van der Waals surface area contributed by atoms with Crippen LogP contribution in [0.1, 0.15) is 12.1 Å². The molecule has 110 valence electrons. The van der Waals surface area contributed by atoms with Gasteiger partial charge in [-0.25, -0.2) is 9.97 Å². The normalized spacial score (nSPS) is 15.0. The summed E-state index contributed by atoms with van der Waals surface area (Å²) in [7, 11) is 0. The van der Waals surface area contributed by atoms with Crippen LogP contribution in [-0.2, 0) is 4.74 Å². The first-order chi connectivity index (χ1) is 10.8. The number of fused-ring (bicyclic) bond motifs is 1. The van der Waals surface area contributed by atoms with Gasteiger partial charge in [0.2, 0.25) is 0 Å². The minimum absolute atomic E-state index is 0.221. The number of aromatic hydroxyl groups is 1. The van der Waals surface area contributed by atoms with Crippen LogP contribution in [0.4, 0.5) is 0 Å². The van der Waals surface area contributed by atoms with Gasteiger partial charge in [0, 0.05) is 10.9 Å². The van der Waals surface area contributed by atoms with Crippen LogP contribution in [0, 0.1) is 0 Å². The predicted octanol–water partition coefficient (Wildman–Crippen LogP) is 3.87. The molecule has 0 aliphatic carbocycles. The van der Waals surface area contributed by atoms with Crippen molar-refractivity contribution in [3.8, 4) is 17.1 Å². The van der Waals surface area contributed by atoms with E-state index in [0.29, 0.717) is 12.4 Å². The van der Waals surface area contributed by atoms with Crippen molar-refractivity contribution in [2.24, 2.45) is 0 Å². The molecule has 0 radical (unpaired) electrons. The second kappa shape index (κ2) is 5.51. The molecular weight excluding hydrogens is 296 g/mol. The molecule has 4 rings (SSSR count). The molecule has 0 bridgehead atoms. The van der Waals surface area contributed by atoms with Gasteiger partial charge in [0.1, 0.15) is 10.6 Å². The average molecular weight is 310 g/mol. The number of ether oxygens (including phenoxy) is 1. The van der Waals surface area contributed by atoms with Crippen molar-refractivity contribution < 1.29 is 9.84 Å². The minimum atomic E-state index is 0.221. The summed E-state index contributed by atoms with van der Waals surface area (Å²) in [6, 6.07) is 9.13. The Morgan fingerprint density at radius 2 is 2.14 bits per heavy atom. The van der Waals surface area contributed by atoms with Gasteiger partial charge in [0.25, 0.3) is 0 Å². The number of aromatic nitrogens is 2. The zero-order chi connectivity index (χ0) is 14.9. The fourth-order valence-electron chi connectivity index (χ4n) is 2.62. The number of hydrogen-bond acceptors (Lipinski definition) is 5. The SMILES string of the molecule is Oc1cccc(-c2nc(C3=CCOCC3)c3ccsc3n2)c1. The Balaban J connectivity index is 1.92. The van der Waals surface area contributed by atoms with Gasteiger partial charge in [-0.2, -0.15) is 0 Å². The maximum Gasteiger partial charge on any atom is 0.161 e. The Morgan fingerprint density at radius 1 is 1.18 bits per heavy atom. The van der Waals surface area contributed by atoms with E-state index in [0.717, 1.165) is 34.5 Å². The Morgan fingerprint density at radius 3 is 2.95 bits per heavy atom. The van der Waals surface area contributed by atoms with Crippen LogP contribution in [0.15, 0.2) is 41.8 Å². The fraction of sp³-hybridized carbons (Fsp3) is 0.176. The molecule has 0 amide bonds. The summed E-state index contributed by atoms with van der Waals surface area (Å²) < 4.78 is 5.40. The van der Waals surface area contributed by atoms with Crippen molar-refractivity contribution in [3.63, 3.8) is 0 Å². The van der Waals surface area contributed by atoms with E-state index < -0.39 is 0 Å². The van der Waals surface area contributed by atoms with E-state index in [-0.39, 0.29) is 5.75 Å². The standard InChI is InChI=1S/C17H14N2O2S/c20-13-3-1-2-12(10-13)16-18-15(11-4-7-21-8-5-11)14-6-9-22-17(14)19-16/h1-4,6,9-10,20H,5,7-8H2. The first-order valence-electron chi connectivity index (χ1n) is 7.13. The molecule has 1 aliphatic heterocycles. The summed E-state index contributed by atoms with van der Waals surface area (Å²) >= 11 is 1.61. The summed E-state index contributed by atoms with van der Waals surface area (Å²) in [5.74, 6) is 0.868. The lowest BCUT2D eigenvalue weighted by Gasteiger charge is -2.14. The summed E-state index contributed by atoms with van der Waals surface area (Å²) in [5.41, 5.74) is 3.01. The predicted molar refractivity (Wildman–Crippen MR) is 87.9 cm³/mol. The second-order valence-corrected chi connectivity index (χ2v) is 6.03. The van der Waals surface area contributed by atoms with E-state index >= 15 is 0 Å². The first-order valence-corrected chi connectivity index (χ1v) is 8.01. The van der Waals surface area contributed by atoms with Crippen LogP contribution in [0.3, 0.4) is 0 Å². The molecule has 0 spiro atoms. The van der Waals surface area contributed by atoms with Gasteiger partial charge in [0.05, 0.1) is 18.9 Å². The van der Waals surface area contributed by atoms with Gasteiger partial charge in [0.15, 0.2) is 5.82 Å². The lowest BCUT2D eigenvalue weighted by atomic mass is 10.0. The number of thiophene rings is 1. The summed E-state index contributed by atoms with van der Waals surface area (Å²) in [5, 5.41) is 12.8. The van der Waals surface area contributed by atoms with Gasteiger partial charge in [-0.15, -0.1) is 11.3 Å². The molecule has 1 aromatic carbocycles. The molecule has 1 N–H and O–H groups in total. The van der Waals surface area contributed by atoms with Gasteiger partial charge in [-0.05, 0) is 35.6 Å². The number of nitrogens with zero attached hydrogens (tertiary/aromatic N) is 2. The Hall–Kier alpha value is -2.24. The maximum atomic E-state index is 9.68. The van der Waals surface area contributed by atoms with Crippen LogP contribution in [-0.4, -0.2) is 28.3 Å². The summed E-state index contributed by atoms with van der Waals surface area (Å²) in [6.07, 6.45) is 2.95. The third kappa shape index (κ3) is 2.38. The molecule has 0 fully saturated rings. The van der Waals surface area contributed by atoms with E-state index in [1.54, 1.807) is 29.5 Å². The topological polar surface area (TPSA) is 55.2 Å². The first kappa shape index (κ1) is 13.4. The third-order valence-corrected chi connectivity index (χ3v) is 4.50. The van der Waals surface area contributed by atoms with E-state index in [1.165, 1.54) is 5.57 Å². The van der Waals surface area contributed by atoms with Crippen LogP contribution < -0.4 is 0 Å². The smallest absolute Gasteiger partial charge is 0.161 e. The molecule has 3 heterocycles. The summed E-state index contributed by atoms with van der Waals surface area (Å²) in [6.45, 7) is 1.36. The molecule has 0 saturated carbocycles. The number of hydrogen-bond donors (Lipinski definition) is 1. The molecular formula is C17H14N2O2S. The molecule has 1 aliphatic rings. The molecule has 3 aromatic rings. The molecule has 0 saturated heterocycles. The zero-order valence-corrected chi connectivity index (χ0v) is 12.6. The lowest BCUT2D eigenvalue weighted by molar-refractivity contribution is 0.161. The number of phenols is 1. The molecule has 5 heteroatoms. The van der Waals surface area contributed by atoms with Crippen molar-refractivity contribution in [1.29, 1.82) is 0 Å². The van der Waals surface area contributed by atoms with Crippen molar-refractivity contribution in [2.75, 3.05) is 13.2 Å². The monoisotopic (exact) mass is 310 g/mol. The van der Waals surface area contributed by atoms with Crippen LogP contribution in [0.2, 0.25) is 0 Å². The quantitative estimate of drug-likeness (QED) is 0.780. The molecule has 4 nitrogen and oxygen atoms in total. The number of phenolic OH excluding ortho intramolecular Hbond substituents is 1. The Bertz CT molecular complexity index is 870. The van der Waals surface area contributed by atoms with Gasteiger partial charge >= 0.3 is 0 Å². The van der Waals surface area contributed by atoms with Crippen LogP contribution >= 0.6 is 11.3 Å². The average Bonchev–Trinajstić information content (AvgIpc) is 3.03. The van der Waals surface area contributed by atoms with E-state index in [1.807, 2.05) is 11.4 Å². The third-order valence-electron chi connectivity index (χ3n) is 3.70. The fourth-order valence-corrected chi connectivity index (χ4v) is 3.38. The van der Waals surface area contributed by atoms with Crippen molar-refractivity contribution in [2.45, 2.75) is 6.42 Å². The largest absolute Gasteiger partial charge is 0.508 e. The Labute approximate surface area is 131 Å². The van der Waals surface area contributed by atoms with Gasteiger partial charge in [-0.3, -0.25) is 0 Å². The molecule has 0 unspecified atom stereocenters. The van der Waals surface area contributed by atoms with E-state index in [9.17, 15) is 5.11 Å². The highest BCUT2D eigenvalue weighted by Gasteiger charge is 2.15. The van der Waals surface area contributed by atoms with Crippen LogP contribution in [0.5, 0.6) is 5.75 Å². The van der Waals surface area contributed by atoms with Crippen molar-refractivity contribution in [1.82, 2.24) is 9.97 Å². The number of rotatable bonds is 2. The Kier molecular flexibility index (Phi) is 3.36. The van der Waals surface area contributed by atoms with E-state index in [4.69, 9.17) is 9.72 Å². The van der Waals surface area contributed by atoms with Crippen LogP contribution in [0.25, 0.3) is 27.2 Å². The lowest BCUT2D eigenvalue weighted by Crippen LogP contribution is -2.06. The summed E-state index contributed by atoms with van der Waals surface area (Å²) in [4.78, 5) is 10.4. The highest BCUT2D eigenvalue weighted by atomic mass is 32.1. The maximum absolute atomic E-state index is 9.68. The van der Waals surface area contributed by atoms with Gasteiger partial charge < -0.3 is 9.84 Å². The van der Waals surface area contributed by atoms with E-state index in [2.05, 4.69) is 17.1 Å². The molecule has 2 aromatic heterocycles.